The van der Waals surface area contributed by atoms with Crippen LogP contribution in [0.1, 0.15) is 42.4 Å². The molecule has 2 aromatic rings. The van der Waals surface area contributed by atoms with Crippen LogP contribution in [-0.4, -0.2) is 27.7 Å². The summed E-state index contributed by atoms with van der Waals surface area (Å²) in [6.45, 7) is 8.22. The summed E-state index contributed by atoms with van der Waals surface area (Å²) < 4.78 is 29.1. The first kappa shape index (κ1) is 18.0. The van der Waals surface area contributed by atoms with Gasteiger partial charge in [0.05, 0.1) is 17.1 Å². The zero-order chi connectivity index (χ0) is 17.4. The minimum atomic E-state index is -3.59. The molecule has 23 heavy (non-hydrogen) atoms. The highest BCUT2D eigenvalue weighted by Gasteiger charge is 2.27. The lowest BCUT2D eigenvalue weighted by Crippen LogP contribution is -2.14. The van der Waals surface area contributed by atoms with Gasteiger partial charge in [-0.25, -0.2) is 13.4 Å². The number of nitrogens with zero attached hydrogens (tertiary/aromatic N) is 4. The molecule has 2 heterocycles. The molecule has 0 saturated carbocycles. The van der Waals surface area contributed by atoms with E-state index in [0.717, 1.165) is 24.2 Å². The van der Waals surface area contributed by atoms with Gasteiger partial charge in [-0.3, -0.25) is 4.68 Å². The van der Waals surface area contributed by atoms with Crippen molar-refractivity contribution in [3.8, 4) is 0 Å². The second-order valence-corrected chi connectivity index (χ2v) is 8.05. The van der Waals surface area contributed by atoms with Gasteiger partial charge in [0, 0.05) is 24.8 Å². The molecule has 0 saturated heterocycles. The van der Waals surface area contributed by atoms with Gasteiger partial charge in [-0.15, -0.1) is 0 Å². The molecule has 0 aliphatic carbocycles. The summed E-state index contributed by atoms with van der Waals surface area (Å²) in [7, 11) is -1.90. The van der Waals surface area contributed by atoms with Crippen LogP contribution in [-0.2, 0) is 29.2 Å². The Morgan fingerprint density at radius 3 is 2.35 bits per heavy atom. The maximum atomic E-state index is 12.9. The van der Waals surface area contributed by atoms with Crippen molar-refractivity contribution in [3.63, 3.8) is 0 Å². The van der Waals surface area contributed by atoms with Crippen LogP contribution >= 0.6 is 11.6 Å². The van der Waals surface area contributed by atoms with Crippen LogP contribution in [0, 0.1) is 20.8 Å². The predicted molar refractivity (Wildman–Crippen MR) is 90.5 cm³/mol. The third kappa shape index (κ3) is 3.45. The highest BCUT2D eigenvalue weighted by Crippen LogP contribution is 2.25. The number of imidazole rings is 1. The van der Waals surface area contributed by atoms with Crippen molar-refractivity contribution < 1.29 is 8.42 Å². The minimum Gasteiger partial charge on any atom is -0.319 e. The van der Waals surface area contributed by atoms with E-state index < -0.39 is 9.84 Å². The van der Waals surface area contributed by atoms with Gasteiger partial charge >= 0.3 is 0 Å². The van der Waals surface area contributed by atoms with E-state index in [0.29, 0.717) is 23.0 Å². The Hall–Kier alpha value is -1.34. The number of rotatable bonds is 6. The van der Waals surface area contributed by atoms with Gasteiger partial charge in [-0.1, -0.05) is 24.9 Å². The van der Waals surface area contributed by atoms with Crippen LogP contribution in [0.15, 0.2) is 5.16 Å². The number of hydrogen-bond acceptors (Lipinski definition) is 4. The van der Waals surface area contributed by atoms with Crippen molar-refractivity contribution in [2.24, 2.45) is 7.05 Å². The number of aromatic nitrogens is 4. The van der Waals surface area contributed by atoms with Gasteiger partial charge in [-0.2, -0.15) is 5.10 Å². The van der Waals surface area contributed by atoms with E-state index >= 15 is 0 Å². The van der Waals surface area contributed by atoms with E-state index in [1.165, 1.54) is 4.68 Å². The molecule has 2 rings (SSSR count). The molecular formula is C15H23ClN4O2S. The summed E-state index contributed by atoms with van der Waals surface area (Å²) in [5.74, 6) is -0.187. The molecule has 0 radical (unpaired) electrons. The van der Waals surface area contributed by atoms with Gasteiger partial charge in [0.25, 0.3) is 0 Å². The summed E-state index contributed by atoms with van der Waals surface area (Å²) in [5, 5.41) is 4.65. The van der Waals surface area contributed by atoms with Gasteiger partial charge in [0.2, 0.25) is 15.0 Å². The third-order valence-corrected chi connectivity index (χ3v) is 6.05. The Kier molecular flexibility index (Phi) is 5.20. The molecule has 0 aliphatic heterocycles. The lowest BCUT2D eigenvalue weighted by atomic mass is 10.3. The van der Waals surface area contributed by atoms with Crippen molar-refractivity contribution >= 4 is 21.4 Å². The van der Waals surface area contributed by atoms with Crippen molar-refractivity contribution in [2.45, 2.75) is 58.0 Å². The number of hydrogen-bond donors (Lipinski definition) is 0. The summed E-state index contributed by atoms with van der Waals surface area (Å²) >= 11 is 6.18. The van der Waals surface area contributed by atoms with Gasteiger partial charge in [-0.05, 0) is 27.2 Å². The minimum absolute atomic E-state index is 0.125. The number of sulfone groups is 1. The molecule has 0 N–H and O–H groups in total. The molecule has 0 aromatic carbocycles. The normalized spacial score (nSPS) is 12.1. The largest absolute Gasteiger partial charge is 0.319 e. The molecule has 2 aromatic heterocycles. The maximum Gasteiger partial charge on any atom is 0.228 e. The van der Waals surface area contributed by atoms with E-state index in [1.54, 1.807) is 18.5 Å². The molecule has 0 bridgehead atoms. The second-order valence-electron chi connectivity index (χ2n) is 5.81. The van der Waals surface area contributed by atoms with E-state index in [-0.39, 0.29) is 10.9 Å². The molecule has 0 fully saturated rings. The fourth-order valence-corrected chi connectivity index (χ4v) is 4.55. The van der Waals surface area contributed by atoms with Crippen molar-refractivity contribution in [1.82, 2.24) is 19.3 Å². The van der Waals surface area contributed by atoms with E-state index in [1.807, 2.05) is 13.8 Å². The molecule has 0 atom stereocenters. The average molecular weight is 359 g/mol. The highest BCUT2D eigenvalue weighted by molar-refractivity contribution is 7.90. The van der Waals surface area contributed by atoms with Crippen LogP contribution < -0.4 is 0 Å². The molecule has 0 unspecified atom stereocenters. The van der Waals surface area contributed by atoms with E-state index in [4.69, 9.17) is 11.6 Å². The number of aryl methyl sites for hydroxylation is 3. The van der Waals surface area contributed by atoms with Crippen molar-refractivity contribution in [3.05, 3.63) is 27.8 Å². The quantitative estimate of drug-likeness (QED) is 0.796. The molecule has 0 aliphatic rings. The van der Waals surface area contributed by atoms with Crippen LogP contribution in [0.5, 0.6) is 0 Å². The van der Waals surface area contributed by atoms with Crippen molar-refractivity contribution in [1.29, 1.82) is 0 Å². The van der Waals surface area contributed by atoms with Crippen LogP contribution in [0.2, 0.25) is 5.15 Å². The van der Waals surface area contributed by atoms with Gasteiger partial charge in [0.15, 0.2) is 0 Å². The SMILES string of the molecule is CCCCn1c(S(=O)(=O)Cc2c(C)nn(C)c2Cl)nc(C)c1C. The molecular weight excluding hydrogens is 336 g/mol. The molecule has 8 heteroatoms. The summed E-state index contributed by atoms with van der Waals surface area (Å²) in [6.07, 6.45) is 1.90. The van der Waals surface area contributed by atoms with Gasteiger partial charge in [0.1, 0.15) is 5.15 Å². The fraction of sp³-hybridized carbons (Fsp3) is 0.600. The zero-order valence-corrected chi connectivity index (χ0v) is 15.8. The van der Waals surface area contributed by atoms with Gasteiger partial charge < -0.3 is 4.57 Å². The standard InChI is InChI=1S/C15H23ClN4O2S/c1-6-7-8-20-12(4)10(2)17-15(20)23(21,22)9-13-11(3)18-19(5)14(13)16/h6-9H2,1-5H3. The Bertz CT molecular complexity index is 821. The predicted octanol–water partition coefficient (Wildman–Crippen LogP) is 2.97. The van der Waals surface area contributed by atoms with E-state index in [2.05, 4.69) is 17.0 Å². The summed E-state index contributed by atoms with van der Waals surface area (Å²) in [5.41, 5.74) is 2.80. The second kappa shape index (κ2) is 6.65. The Labute approximate surface area is 142 Å². The summed E-state index contributed by atoms with van der Waals surface area (Å²) in [4.78, 5) is 4.30. The van der Waals surface area contributed by atoms with Crippen LogP contribution in [0.4, 0.5) is 0 Å². The fourth-order valence-electron chi connectivity index (χ4n) is 2.53. The first-order valence-electron chi connectivity index (χ1n) is 7.63. The Morgan fingerprint density at radius 2 is 1.83 bits per heavy atom. The monoisotopic (exact) mass is 358 g/mol. The topological polar surface area (TPSA) is 69.8 Å². The lowest BCUT2D eigenvalue weighted by Gasteiger charge is -2.10. The zero-order valence-electron chi connectivity index (χ0n) is 14.2. The first-order chi connectivity index (χ1) is 10.7. The first-order valence-corrected chi connectivity index (χ1v) is 9.66. The van der Waals surface area contributed by atoms with E-state index in [9.17, 15) is 8.42 Å². The van der Waals surface area contributed by atoms with Crippen LogP contribution in [0.3, 0.4) is 0 Å². The Balaban J connectivity index is 2.46. The average Bonchev–Trinajstić information content (AvgIpc) is 2.89. The lowest BCUT2D eigenvalue weighted by molar-refractivity contribution is 0.538. The molecule has 0 spiro atoms. The third-order valence-electron chi connectivity index (χ3n) is 4.04. The summed E-state index contributed by atoms with van der Waals surface area (Å²) in [6, 6.07) is 0. The van der Waals surface area contributed by atoms with Crippen molar-refractivity contribution in [2.75, 3.05) is 0 Å². The number of halogens is 1. The smallest absolute Gasteiger partial charge is 0.228 e. The molecule has 128 valence electrons. The molecule has 6 nitrogen and oxygen atoms in total. The maximum absolute atomic E-state index is 12.9. The highest BCUT2D eigenvalue weighted by atomic mass is 35.5. The van der Waals surface area contributed by atoms with Crippen LogP contribution in [0.25, 0.3) is 0 Å². The number of unbranched alkanes of at least 4 members (excludes halogenated alkanes) is 1. The molecule has 0 amide bonds. The Morgan fingerprint density at radius 1 is 1.17 bits per heavy atom.